The van der Waals surface area contributed by atoms with Crippen molar-refractivity contribution >= 4 is 39.7 Å². The predicted octanol–water partition coefficient (Wildman–Crippen LogP) is 2.96. The summed E-state index contributed by atoms with van der Waals surface area (Å²) in [6.45, 7) is 5.85. The molecule has 138 valence electrons. The number of amides is 1. The van der Waals surface area contributed by atoms with Gasteiger partial charge in [0.05, 0.1) is 11.8 Å². The molecule has 0 fully saturated rings. The van der Waals surface area contributed by atoms with Gasteiger partial charge in [-0.3, -0.25) is 9.52 Å². The molecule has 0 bridgehead atoms. The van der Waals surface area contributed by atoms with Gasteiger partial charge in [-0.15, -0.1) is 12.4 Å². The number of unbranched alkanes of at least 4 members (excludes halogenated alkanes) is 1. The molecule has 8 heteroatoms. The molecule has 1 aromatic carbocycles. The third-order valence-electron chi connectivity index (χ3n) is 3.75. The number of nitrogens with two attached hydrogens (primary N) is 1. The van der Waals surface area contributed by atoms with E-state index in [0.29, 0.717) is 17.8 Å². The molecule has 1 rings (SSSR count). The summed E-state index contributed by atoms with van der Waals surface area (Å²) in [5, 5.41) is 2.74. The number of anilines is 2. The van der Waals surface area contributed by atoms with E-state index in [-0.39, 0.29) is 30.0 Å². The van der Waals surface area contributed by atoms with Gasteiger partial charge in [0.2, 0.25) is 15.9 Å². The van der Waals surface area contributed by atoms with E-state index in [1.165, 1.54) is 0 Å². The van der Waals surface area contributed by atoms with E-state index in [2.05, 4.69) is 10.0 Å². The fourth-order valence-corrected chi connectivity index (χ4v) is 3.19. The van der Waals surface area contributed by atoms with Gasteiger partial charge >= 0.3 is 0 Å². The summed E-state index contributed by atoms with van der Waals surface area (Å²) in [5.74, 6) is -0.0403. The quantitative estimate of drug-likeness (QED) is 0.615. The number of halogens is 1. The highest BCUT2D eigenvalue weighted by Gasteiger charge is 2.19. The van der Waals surface area contributed by atoms with Gasteiger partial charge in [0.15, 0.2) is 0 Å². The third-order valence-corrected chi connectivity index (χ3v) is 5.13. The molecule has 24 heavy (non-hydrogen) atoms. The number of sulfonamides is 1. The number of carbonyl (C=O) groups excluding carboxylic acids is 1. The highest BCUT2D eigenvalue weighted by Crippen LogP contribution is 2.16. The maximum absolute atomic E-state index is 12.0. The molecule has 0 aromatic heterocycles. The molecule has 0 aliphatic rings. The standard InChI is InChI=1S/C16H27N3O3S.ClH/c1-4-6-11-23(21,22)19-14-9-7-13(8-10-14)18-16(20)15(17)12(3)5-2;/h7-10,12,15,19H,4-6,11,17H2,1-3H3,(H,18,20);1H. The molecule has 1 aromatic rings. The van der Waals surface area contributed by atoms with E-state index in [4.69, 9.17) is 5.73 Å². The van der Waals surface area contributed by atoms with Crippen LogP contribution in [0, 0.1) is 5.92 Å². The number of nitrogens with one attached hydrogen (secondary N) is 2. The molecule has 2 unspecified atom stereocenters. The number of hydrogen-bond acceptors (Lipinski definition) is 4. The minimum Gasteiger partial charge on any atom is -0.325 e. The first-order valence-corrected chi connectivity index (χ1v) is 9.61. The molecular formula is C16H28ClN3O3S. The van der Waals surface area contributed by atoms with Crippen LogP contribution in [-0.4, -0.2) is 26.1 Å². The Morgan fingerprint density at radius 1 is 1.17 bits per heavy atom. The summed E-state index contributed by atoms with van der Waals surface area (Å²) in [6, 6.07) is 5.98. The SMILES string of the molecule is CCCCS(=O)(=O)Nc1ccc(NC(=O)C(N)C(C)CC)cc1.Cl. The van der Waals surface area contributed by atoms with Crippen LogP contribution in [0.2, 0.25) is 0 Å². The number of benzene rings is 1. The van der Waals surface area contributed by atoms with Crippen LogP contribution in [0.3, 0.4) is 0 Å². The van der Waals surface area contributed by atoms with Crippen molar-refractivity contribution in [3.63, 3.8) is 0 Å². The van der Waals surface area contributed by atoms with E-state index >= 15 is 0 Å². The van der Waals surface area contributed by atoms with Gasteiger partial charge in [-0.05, 0) is 36.6 Å². The lowest BCUT2D eigenvalue weighted by Crippen LogP contribution is -2.40. The summed E-state index contributed by atoms with van der Waals surface area (Å²) < 4.78 is 26.2. The molecule has 4 N–H and O–H groups in total. The Balaban J connectivity index is 0.00000529. The fraction of sp³-hybridized carbons (Fsp3) is 0.562. The van der Waals surface area contributed by atoms with E-state index in [1.54, 1.807) is 24.3 Å². The summed E-state index contributed by atoms with van der Waals surface area (Å²) in [7, 11) is -3.32. The van der Waals surface area contributed by atoms with E-state index in [0.717, 1.165) is 12.8 Å². The van der Waals surface area contributed by atoms with Gasteiger partial charge in [0.25, 0.3) is 0 Å². The van der Waals surface area contributed by atoms with Gasteiger partial charge in [-0.1, -0.05) is 33.6 Å². The van der Waals surface area contributed by atoms with Crippen LogP contribution in [0.5, 0.6) is 0 Å². The van der Waals surface area contributed by atoms with Crippen LogP contribution in [-0.2, 0) is 14.8 Å². The molecule has 2 atom stereocenters. The molecule has 0 spiro atoms. The molecule has 0 heterocycles. The summed E-state index contributed by atoms with van der Waals surface area (Å²) >= 11 is 0. The predicted molar refractivity (Wildman–Crippen MR) is 102 cm³/mol. The Bertz CT molecular complexity index is 605. The van der Waals surface area contributed by atoms with Crippen LogP contribution in [0.1, 0.15) is 40.0 Å². The Labute approximate surface area is 151 Å². The topological polar surface area (TPSA) is 101 Å². The zero-order valence-corrected chi connectivity index (χ0v) is 16.0. The fourth-order valence-electron chi connectivity index (χ4n) is 1.92. The second kappa shape index (κ2) is 10.5. The molecule has 0 aliphatic carbocycles. The normalized spacial score (nSPS) is 13.5. The molecule has 1 amide bonds. The van der Waals surface area contributed by atoms with Crippen LogP contribution < -0.4 is 15.8 Å². The second-order valence-electron chi connectivity index (χ2n) is 5.75. The average molecular weight is 378 g/mol. The summed E-state index contributed by atoms with van der Waals surface area (Å²) in [5.41, 5.74) is 6.94. The summed E-state index contributed by atoms with van der Waals surface area (Å²) in [4.78, 5) is 12.0. The van der Waals surface area contributed by atoms with Crippen molar-refractivity contribution in [1.29, 1.82) is 0 Å². The summed E-state index contributed by atoms with van der Waals surface area (Å²) in [6.07, 6.45) is 2.27. The first-order chi connectivity index (χ1) is 10.8. The van der Waals surface area contributed by atoms with Crippen molar-refractivity contribution < 1.29 is 13.2 Å². The maximum Gasteiger partial charge on any atom is 0.241 e. The van der Waals surface area contributed by atoms with Crippen molar-refractivity contribution in [2.75, 3.05) is 15.8 Å². The van der Waals surface area contributed by atoms with Crippen molar-refractivity contribution in [2.24, 2.45) is 11.7 Å². The van der Waals surface area contributed by atoms with Gasteiger partial charge in [0, 0.05) is 11.4 Å². The minimum atomic E-state index is -3.32. The minimum absolute atomic E-state index is 0. The van der Waals surface area contributed by atoms with E-state index < -0.39 is 16.1 Å². The Morgan fingerprint density at radius 3 is 2.21 bits per heavy atom. The van der Waals surface area contributed by atoms with Crippen molar-refractivity contribution in [3.05, 3.63) is 24.3 Å². The Morgan fingerprint density at radius 2 is 1.71 bits per heavy atom. The van der Waals surface area contributed by atoms with Crippen molar-refractivity contribution in [2.45, 2.75) is 46.1 Å². The molecule has 6 nitrogen and oxygen atoms in total. The van der Waals surface area contributed by atoms with E-state index in [9.17, 15) is 13.2 Å². The zero-order valence-electron chi connectivity index (χ0n) is 14.4. The largest absolute Gasteiger partial charge is 0.325 e. The van der Waals surface area contributed by atoms with Gasteiger partial charge in [-0.25, -0.2) is 8.42 Å². The van der Waals surface area contributed by atoms with Gasteiger partial charge in [-0.2, -0.15) is 0 Å². The van der Waals surface area contributed by atoms with E-state index in [1.807, 2.05) is 20.8 Å². The smallest absolute Gasteiger partial charge is 0.241 e. The zero-order chi connectivity index (χ0) is 17.5. The van der Waals surface area contributed by atoms with Gasteiger partial charge in [0.1, 0.15) is 0 Å². The lowest BCUT2D eigenvalue weighted by atomic mass is 9.99. The highest BCUT2D eigenvalue weighted by atomic mass is 35.5. The number of hydrogen-bond donors (Lipinski definition) is 3. The number of carbonyl (C=O) groups is 1. The highest BCUT2D eigenvalue weighted by molar-refractivity contribution is 7.92. The molecule has 0 radical (unpaired) electrons. The molecule has 0 aliphatic heterocycles. The first kappa shape index (κ1) is 22.7. The van der Waals surface area contributed by atoms with Crippen LogP contribution in [0.15, 0.2) is 24.3 Å². The lowest BCUT2D eigenvalue weighted by molar-refractivity contribution is -0.118. The lowest BCUT2D eigenvalue weighted by Gasteiger charge is -2.17. The van der Waals surface area contributed by atoms with Gasteiger partial charge < -0.3 is 11.1 Å². The maximum atomic E-state index is 12.0. The van der Waals surface area contributed by atoms with Crippen molar-refractivity contribution in [1.82, 2.24) is 0 Å². The van der Waals surface area contributed by atoms with Crippen LogP contribution in [0.4, 0.5) is 11.4 Å². The number of rotatable bonds is 9. The third kappa shape index (κ3) is 7.51. The van der Waals surface area contributed by atoms with Crippen LogP contribution in [0.25, 0.3) is 0 Å². The Hall–Kier alpha value is -1.31. The molecular weight excluding hydrogens is 350 g/mol. The van der Waals surface area contributed by atoms with Crippen molar-refractivity contribution in [3.8, 4) is 0 Å². The van der Waals surface area contributed by atoms with Crippen LogP contribution >= 0.6 is 12.4 Å². The second-order valence-corrected chi connectivity index (χ2v) is 7.59. The molecule has 0 saturated heterocycles. The molecule has 0 saturated carbocycles. The monoisotopic (exact) mass is 377 g/mol. The first-order valence-electron chi connectivity index (χ1n) is 7.96. The average Bonchev–Trinajstić information content (AvgIpc) is 2.53. The Kier molecular flexibility index (Phi) is 9.96.